The van der Waals surface area contributed by atoms with Gasteiger partial charge >= 0.3 is 5.97 Å². The number of amides is 1. The maximum atomic E-state index is 12.0. The van der Waals surface area contributed by atoms with Crippen molar-refractivity contribution in [2.24, 2.45) is 0 Å². The molecular formula is C19H20N4O3. The summed E-state index contributed by atoms with van der Waals surface area (Å²) in [4.78, 5) is 23.3. The quantitative estimate of drug-likeness (QED) is 0.568. The summed E-state index contributed by atoms with van der Waals surface area (Å²) in [5, 5.41) is 12.2. The van der Waals surface area contributed by atoms with Crippen LogP contribution in [0.2, 0.25) is 0 Å². The number of aliphatic carboxylic acids is 1. The van der Waals surface area contributed by atoms with Crippen LogP contribution in [0.4, 0.5) is 0 Å². The lowest BCUT2D eigenvalue weighted by Crippen LogP contribution is -2.39. The molecular weight excluding hydrogens is 332 g/mol. The van der Waals surface area contributed by atoms with Gasteiger partial charge in [-0.05, 0) is 41.7 Å². The molecule has 0 aromatic heterocycles. The molecule has 5 N–H and O–H groups in total. The number of carboxylic acids is 1. The number of rotatable bonds is 3. The topological polar surface area (TPSA) is 102 Å². The van der Waals surface area contributed by atoms with Gasteiger partial charge in [-0.2, -0.15) is 5.53 Å². The van der Waals surface area contributed by atoms with Crippen LogP contribution in [0.5, 0.6) is 0 Å². The van der Waals surface area contributed by atoms with Gasteiger partial charge < -0.3 is 10.4 Å². The number of fused-ring (bicyclic) bond motifs is 1. The molecule has 4 rings (SSSR count). The normalized spacial score (nSPS) is 24.8. The Hall–Kier alpha value is -2.74. The average Bonchev–Trinajstić information content (AvgIpc) is 3.11. The van der Waals surface area contributed by atoms with Crippen LogP contribution in [-0.2, 0) is 11.2 Å². The molecule has 2 aromatic rings. The summed E-state index contributed by atoms with van der Waals surface area (Å²) in [6.07, 6.45) is 0.816. The maximum Gasteiger partial charge on any atom is 0.324 e. The first kappa shape index (κ1) is 16.7. The second kappa shape index (κ2) is 6.53. The number of hydrazine groups is 2. The van der Waals surface area contributed by atoms with Gasteiger partial charge in [0.2, 0.25) is 0 Å². The molecule has 0 saturated carbocycles. The number of carbonyl (C=O) groups excluding carboxylic acids is 1. The van der Waals surface area contributed by atoms with Crippen molar-refractivity contribution in [1.82, 2.24) is 21.7 Å². The highest BCUT2D eigenvalue weighted by molar-refractivity contribution is 5.97. The van der Waals surface area contributed by atoms with Crippen molar-refractivity contribution in [2.45, 2.75) is 31.5 Å². The van der Waals surface area contributed by atoms with Crippen LogP contribution in [0.25, 0.3) is 11.1 Å². The summed E-state index contributed by atoms with van der Waals surface area (Å²) < 4.78 is 0. The van der Waals surface area contributed by atoms with Gasteiger partial charge in [-0.1, -0.05) is 36.4 Å². The first-order chi connectivity index (χ1) is 12.5. The van der Waals surface area contributed by atoms with E-state index in [-0.39, 0.29) is 18.0 Å². The van der Waals surface area contributed by atoms with Crippen molar-refractivity contribution in [1.29, 1.82) is 0 Å². The molecule has 26 heavy (non-hydrogen) atoms. The summed E-state index contributed by atoms with van der Waals surface area (Å²) in [6.45, 7) is 2.00. The van der Waals surface area contributed by atoms with Gasteiger partial charge in [-0.15, -0.1) is 0 Å². The molecule has 0 aliphatic carbocycles. The van der Waals surface area contributed by atoms with Gasteiger partial charge in [0.1, 0.15) is 6.04 Å². The van der Waals surface area contributed by atoms with Crippen LogP contribution in [-0.4, -0.2) is 29.1 Å². The lowest BCUT2D eigenvalue weighted by molar-refractivity contribution is -0.139. The summed E-state index contributed by atoms with van der Waals surface area (Å²) in [5.41, 5.74) is 13.0. The van der Waals surface area contributed by atoms with Crippen molar-refractivity contribution >= 4 is 11.9 Å². The zero-order chi connectivity index (χ0) is 18.3. The van der Waals surface area contributed by atoms with E-state index in [9.17, 15) is 14.7 Å². The smallest absolute Gasteiger partial charge is 0.324 e. The molecule has 1 amide bonds. The Morgan fingerprint density at radius 2 is 1.81 bits per heavy atom. The van der Waals surface area contributed by atoms with Crippen molar-refractivity contribution in [3.05, 3.63) is 59.2 Å². The number of carbonyl (C=O) groups is 2. The van der Waals surface area contributed by atoms with Crippen LogP contribution < -0.4 is 21.7 Å². The van der Waals surface area contributed by atoms with Crippen molar-refractivity contribution in [2.75, 3.05) is 0 Å². The molecule has 2 aliphatic heterocycles. The van der Waals surface area contributed by atoms with Gasteiger partial charge in [0.15, 0.2) is 0 Å². The largest absolute Gasteiger partial charge is 0.480 e. The van der Waals surface area contributed by atoms with E-state index in [4.69, 9.17) is 0 Å². The van der Waals surface area contributed by atoms with Crippen LogP contribution >= 0.6 is 0 Å². The zero-order valence-electron chi connectivity index (χ0n) is 14.2. The van der Waals surface area contributed by atoms with E-state index in [2.05, 4.69) is 27.8 Å². The minimum Gasteiger partial charge on any atom is -0.480 e. The van der Waals surface area contributed by atoms with Crippen molar-refractivity contribution < 1.29 is 14.7 Å². The second-order valence-corrected chi connectivity index (χ2v) is 6.78. The second-order valence-electron chi connectivity index (χ2n) is 6.78. The van der Waals surface area contributed by atoms with Gasteiger partial charge in [-0.3, -0.25) is 9.59 Å². The van der Waals surface area contributed by atoms with Gasteiger partial charge in [-0.25, -0.2) is 10.9 Å². The first-order valence-electron chi connectivity index (χ1n) is 8.56. The fourth-order valence-corrected chi connectivity index (χ4v) is 3.57. The maximum absolute atomic E-state index is 12.0. The predicted molar refractivity (Wildman–Crippen MR) is 96.1 cm³/mol. The van der Waals surface area contributed by atoms with E-state index in [1.807, 2.05) is 43.3 Å². The number of benzene rings is 2. The highest BCUT2D eigenvalue weighted by atomic mass is 16.4. The minimum atomic E-state index is -0.918. The van der Waals surface area contributed by atoms with Crippen molar-refractivity contribution in [3.63, 3.8) is 0 Å². The molecule has 7 heteroatoms. The average molecular weight is 352 g/mol. The Morgan fingerprint density at radius 3 is 2.54 bits per heavy atom. The molecule has 1 saturated heterocycles. The lowest BCUT2D eigenvalue weighted by Gasteiger charge is -2.23. The Kier molecular flexibility index (Phi) is 4.20. The highest BCUT2D eigenvalue weighted by Crippen LogP contribution is 2.27. The molecule has 134 valence electrons. The molecule has 3 unspecified atom stereocenters. The number of hydrogen-bond donors (Lipinski definition) is 5. The van der Waals surface area contributed by atoms with Crippen LogP contribution in [0, 0.1) is 0 Å². The van der Waals surface area contributed by atoms with Crippen LogP contribution in [0.3, 0.4) is 0 Å². The van der Waals surface area contributed by atoms with E-state index in [0.29, 0.717) is 0 Å². The molecule has 7 nitrogen and oxygen atoms in total. The first-order valence-corrected chi connectivity index (χ1v) is 8.56. The number of hydrogen-bond acceptors (Lipinski definition) is 5. The Morgan fingerprint density at radius 1 is 1.08 bits per heavy atom. The minimum absolute atomic E-state index is 0.0207. The summed E-state index contributed by atoms with van der Waals surface area (Å²) in [6, 6.07) is 12.7. The number of nitrogens with one attached hydrogen (secondary N) is 4. The van der Waals surface area contributed by atoms with E-state index in [1.54, 1.807) is 0 Å². The molecule has 0 spiro atoms. The third kappa shape index (κ3) is 2.96. The predicted octanol–water partition coefficient (Wildman–Crippen LogP) is 1.13. The van der Waals surface area contributed by atoms with E-state index < -0.39 is 12.0 Å². The fraction of sp³-hybridized carbons (Fsp3) is 0.263. The monoisotopic (exact) mass is 352 g/mol. The molecule has 0 bridgehead atoms. The summed E-state index contributed by atoms with van der Waals surface area (Å²) in [7, 11) is 0. The third-order valence-electron chi connectivity index (χ3n) is 4.91. The standard InChI is InChI=1S/C19H20N4O3/c1-10-8-14-9-13(6-7-15(14)18(24)20-10)11-2-4-12(5-3-11)16-17(19(25)26)22-23-21-16/h2-7,9-10,16-17,21-23H,8H2,1H3,(H,20,24)(H,25,26). The third-order valence-corrected chi connectivity index (χ3v) is 4.91. The SMILES string of the molecule is CC1Cc2cc(-c3ccc(C4NNNC4C(=O)O)cc3)ccc2C(=O)N1. The molecule has 0 radical (unpaired) electrons. The molecule has 2 aromatic carbocycles. The molecule has 2 aliphatic rings. The number of carboxylic acid groups (broad SMARTS) is 1. The summed E-state index contributed by atoms with van der Waals surface area (Å²) in [5.74, 6) is -0.939. The van der Waals surface area contributed by atoms with E-state index >= 15 is 0 Å². The van der Waals surface area contributed by atoms with Crippen molar-refractivity contribution in [3.8, 4) is 11.1 Å². The van der Waals surface area contributed by atoms with Gasteiger partial charge in [0, 0.05) is 11.6 Å². The van der Waals surface area contributed by atoms with E-state index in [0.717, 1.165) is 34.2 Å². The molecule has 1 fully saturated rings. The van der Waals surface area contributed by atoms with Gasteiger partial charge in [0.25, 0.3) is 5.91 Å². The highest BCUT2D eigenvalue weighted by Gasteiger charge is 2.33. The Balaban J connectivity index is 1.61. The summed E-state index contributed by atoms with van der Waals surface area (Å²) >= 11 is 0. The lowest BCUT2D eigenvalue weighted by atomic mass is 9.91. The Labute approximate surface area is 150 Å². The fourth-order valence-electron chi connectivity index (χ4n) is 3.57. The van der Waals surface area contributed by atoms with E-state index in [1.165, 1.54) is 0 Å². The zero-order valence-corrected chi connectivity index (χ0v) is 14.2. The molecule has 2 heterocycles. The van der Waals surface area contributed by atoms with Crippen LogP contribution in [0.15, 0.2) is 42.5 Å². The Bertz CT molecular complexity index is 866. The van der Waals surface area contributed by atoms with Crippen LogP contribution in [0.1, 0.15) is 34.5 Å². The van der Waals surface area contributed by atoms with Gasteiger partial charge in [0.05, 0.1) is 6.04 Å². The molecule has 3 atom stereocenters.